The Morgan fingerprint density at radius 2 is 1.85 bits per heavy atom. The second kappa shape index (κ2) is 8.91. The van der Waals surface area contributed by atoms with Gasteiger partial charge in [-0.05, 0) is 44.2 Å². The highest BCUT2D eigenvalue weighted by Crippen LogP contribution is 2.26. The maximum atomic E-state index is 13.1. The molecule has 2 N–H and O–H groups in total. The van der Waals surface area contributed by atoms with Crippen molar-refractivity contribution in [3.05, 3.63) is 24.1 Å². The fourth-order valence-electron chi connectivity index (χ4n) is 4.39. The molecule has 3 heterocycles. The van der Waals surface area contributed by atoms with Crippen molar-refractivity contribution in [2.24, 2.45) is 0 Å². The number of hydrogen-bond donors (Lipinski definition) is 2. The smallest absolute Gasteiger partial charge is 0.255 e. The largest absolute Gasteiger partial charge is 0.356 e. The van der Waals surface area contributed by atoms with Crippen molar-refractivity contribution in [2.45, 2.75) is 51.0 Å². The van der Waals surface area contributed by atoms with Crippen LogP contribution in [0.15, 0.2) is 12.1 Å². The molecule has 3 aliphatic rings. The highest BCUT2D eigenvalue weighted by atomic mass is 16.1. The maximum Gasteiger partial charge on any atom is 0.255 e. The zero-order chi connectivity index (χ0) is 18.5. The summed E-state index contributed by atoms with van der Waals surface area (Å²) in [5.41, 5.74) is 0.729. The molecule has 0 bridgehead atoms. The molecule has 1 aliphatic carbocycles. The Morgan fingerprint density at radius 3 is 2.59 bits per heavy atom. The molecule has 6 heteroatoms. The summed E-state index contributed by atoms with van der Waals surface area (Å²) in [5, 5.41) is 6.66. The van der Waals surface area contributed by atoms with E-state index in [-0.39, 0.29) is 5.91 Å². The highest BCUT2D eigenvalue weighted by Gasteiger charge is 2.24. The predicted octanol–water partition coefficient (Wildman–Crippen LogP) is 2.36. The number of carbonyl (C=O) groups excluding carboxylic acids is 1. The van der Waals surface area contributed by atoms with Crippen molar-refractivity contribution >= 4 is 17.5 Å². The van der Waals surface area contributed by atoms with E-state index >= 15 is 0 Å². The Hall–Kier alpha value is -1.82. The molecule has 2 saturated heterocycles. The summed E-state index contributed by atoms with van der Waals surface area (Å²) in [7, 11) is 0. The van der Waals surface area contributed by atoms with Crippen LogP contribution in [-0.4, -0.2) is 56.2 Å². The molecule has 147 valence electrons. The summed E-state index contributed by atoms with van der Waals surface area (Å²) in [5.74, 6) is 1.89. The molecule has 0 spiro atoms. The lowest BCUT2D eigenvalue weighted by molar-refractivity contribution is 0.0928. The number of piperazine rings is 1. The van der Waals surface area contributed by atoms with Crippen molar-refractivity contribution in [3.63, 3.8) is 0 Å². The number of rotatable bonds is 4. The molecule has 2 aliphatic heterocycles. The molecule has 1 saturated carbocycles. The molecule has 1 radical (unpaired) electrons. The van der Waals surface area contributed by atoms with Gasteiger partial charge in [-0.2, -0.15) is 0 Å². The normalized spacial score (nSPS) is 21.9. The van der Waals surface area contributed by atoms with Gasteiger partial charge in [-0.1, -0.05) is 19.3 Å². The monoisotopic (exact) mass is 370 g/mol. The standard InChI is InChI=1S/C21H32N5O/c27-21(23-17-7-3-1-4-8-17)18-9-10-19(25-13-5-2-6-14-25)24-20(18)26-15-11-22-12-16-26/h5,9-10,17,22H,1-4,6-8,11-16H2,(H,23,27). The molecule has 4 rings (SSSR count). The van der Waals surface area contributed by atoms with E-state index < -0.39 is 0 Å². The molecule has 6 nitrogen and oxygen atoms in total. The third-order valence-electron chi connectivity index (χ3n) is 5.97. The van der Waals surface area contributed by atoms with Gasteiger partial charge in [0.05, 0.1) is 5.56 Å². The zero-order valence-corrected chi connectivity index (χ0v) is 16.3. The lowest BCUT2D eigenvalue weighted by Crippen LogP contribution is -2.45. The van der Waals surface area contributed by atoms with Crippen molar-refractivity contribution < 1.29 is 4.79 Å². The van der Waals surface area contributed by atoms with Gasteiger partial charge in [0.1, 0.15) is 11.6 Å². The Morgan fingerprint density at radius 1 is 1.04 bits per heavy atom. The second-order valence-electron chi connectivity index (χ2n) is 7.96. The summed E-state index contributed by atoms with van der Waals surface area (Å²) >= 11 is 0. The average molecular weight is 371 g/mol. The van der Waals surface area contributed by atoms with Gasteiger partial charge in [-0.25, -0.2) is 4.98 Å². The molecular formula is C21H32N5O. The minimum absolute atomic E-state index is 0.0414. The van der Waals surface area contributed by atoms with E-state index in [0.717, 1.165) is 69.3 Å². The number of hydrogen-bond acceptors (Lipinski definition) is 5. The van der Waals surface area contributed by atoms with Crippen LogP contribution < -0.4 is 20.4 Å². The van der Waals surface area contributed by atoms with E-state index in [0.29, 0.717) is 6.04 Å². The zero-order valence-electron chi connectivity index (χ0n) is 16.3. The van der Waals surface area contributed by atoms with E-state index in [2.05, 4.69) is 26.9 Å². The minimum atomic E-state index is 0.0414. The average Bonchev–Trinajstić information content (AvgIpc) is 2.75. The van der Waals surface area contributed by atoms with Crippen molar-refractivity contribution in [1.82, 2.24) is 15.6 Å². The quantitative estimate of drug-likeness (QED) is 0.852. The Balaban J connectivity index is 1.57. The van der Waals surface area contributed by atoms with Crippen LogP contribution in [0.4, 0.5) is 11.6 Å². The van der Waals surface area contributed by atoms with Gasteiger partial charge in [-0.15, -0.1) is 0 Å². The first-order valence-corrected chi connectivity index (χ1v) is 10.7. The van der Waals surface area contributed by atoms with Gasteiger partial charge in [0.2, 0.25) is 0 Å². The summed E-state index contributed by atoms with van der Waals surface area (Å²) in [6.45, 7) is 5.65. The molecular weight excluding hydrogens is 338 g/mol. The van der Waals surface area contributed by atoms with Crippen molar-refractivity contribution in [3.8, 4) is 0 Å². The second-order valence-corrected chi connectivity index (χ2v) is 7.96. The number of pyridine rings is 1. The van der Waals surface area contributed by atoms with Gasteiger partial charge < -0.3 is 20.4 Å². The van der Waals surface area contributed by atoms with E-state index in [4.69, 9.17) is 4.98 Å². The maximum absolute atomic E-state index is 13.1. The fraction of sp³-hybridized carbons (Fsp3) is 0.667. The Kier molecular flexibility index (Phi) is 6.12. The summed E-state index contributed by atoms with van der Waals surface area (Å²) in [4.78, 5) is 22.6. The molecule has 27 heavy (non-hydrogen) atoms. The Labute approximate surface area is 162 Å². The first-order chi connectivity index (χ1) is 13.3. The van der Waals surface area contributed by atoms with Gasteiger partial charge in [0.15, 0.2) is 0 Å². The number of nitrogens with one attached hydrogen (secondary N) is 2. The van der Waals surface area contributed by atoms with Gasteiger partial charge in [0, 0.05) is 45.3 Å². The summed E-state index contributed by atoms with van der Waals surface area (Å²) < 4.78 is 0. The molecule has 1 amide bonds. The SMILES string of the molecule is O=C(NC1CCCCC1)c1ccc(N2C[CH]CCC2)nc1N1CCNCC1. The van der Waals surface area contributed by atoms with Crippen LogP contribution in [0, 0.1) is 6.42 Å². The molecule has 3 fully saturated rings. The topological polar surface area (TPSA) is 60.5 Å². The third kappa shape index (κ3) is 4.54. The lowest BCUT2D eigenvalue weighted by Gasteiger charge is -2.33. The van der Waals surface area contributed by atoms with Crippen LogP contribution in [0.5, 0.6) is 0 Å². The van der Waals surface area contributed by atoms with Gasteiger partial charge in [-0.3, -0.25) is 4.79 Å². The van der Waals surface area contributed by atoms with Crippen molar-refractivity contribution in [1.29, 1.82) is 0 Å². The molecule has 1 aromatic heterocycles. The number of amides is 1. The Bertz CT molecular complexity index is 631. The van der Waals surface area contributed by atoms with Gasteiger partial charge >= 0.3 is 0 Å². The predicted molar refractivity (Wildman–Crippen MR) is 109 cm³/mol. The number of aromatic nitrogens is 1. The highest BCUT2D eigenvalue weighted by molar-refractivity contribution is 5.99. The van der Waals surface area contributed by atoms with Crippen LogP contribution in [0.1, 0.15) is 55.3 Å². The van der Waals surface area contributed by atoms with Crippen LogP contribution in [0.2, 0.25) is 0 Å². The van der Waals surface area contributed by atoms with Crippen LogP contribution >= 0.6 is 0 Å². The third-order valence-corrected chi connectivity index (χ3v) is 5.97. The molecule has 0 aromatic carbocycles. The van der Waals surface area contributed by atoms with Crippen molar-refractivity contribution in [2.75, 3.05) is 49.1 Å². The summed E-state index contributed by atoms with van der Waals surface area (Å²) in [6, 6.07) is 4.34. The van der Waals surface area contributed by atoms with E-state index in [1.165, 1.54) is 32.1 Å². The number of nitrogens with zero attached hydrogens (tertiary/aromatic N) is 3. The van der Waals surface area contributed by atoms with E-state index in [1.807, 2.05) is 12.1 Å². The number of carbonyl (C=O) groups is 1. The first-order valence-electron chi connectivity index (χ1n) is 10.7. The fourth-order valence-corrected chi connectivity index (χ4v) is 4.39. The first kappa shape index (κ1) is 18.5. The van der Waals surface area contributed by atoms with Gasteiger partial charge in [0.25, 0.3) is 5.91 Å². The van der Waals surface area contributed by atoms with Crippen LogP contribution in [-0.2, 0) is 0 Å². The number of piperidine rings is 1. The van der Waals surface area contributed by atoms with Crippen LogP contribution in [0.3, 0.4) is 0 Å². The number of anilines is 2. The van der Waals surface area contributed by atoms with Crippen LogP contribution in [0.25, 0.3) is 0 Å². The lowest BCUT2D eigenvalue weighted by atomic mass is 9.95. The van der Waals surface area contributed by atoms with E-state index in [1.54, 1.807) is 0 Å². The summed E-state index contributed by atoms with van der Waals surface area (Å²) in [6.07, 6.45) is 10.6. The van der Waals surface area contributed by atoms with E-state index in [9.17, 15) is 4.79 Å². The molecule has 0 atom stereocenters. The molecule has 1 aromatic rings. The minimum Gasteiger partial charge on any atom is -0.356 e. The molecule has 0 unspecified atom stereocenters.